The van der Waals surface area contributed by atoms with E-state index in [1.807, 2.05) is 20.8 Å². The normalized spacial score (nSPS) is 13.1. The molecule has 16 heavy (non-hydrogen) atoms. The number of amides is 1. The molecule has 0 bridgehead atoms. The lowest BCUT2D eigenvalue weighted by Crippen LogP contribution is -2.35. The molecule has 1 amide bonds. The van der Waals surface area contributed by atoms with Gasteiger partial charge in [-0.05, 0) is 11.8 Å². The van der Waals surface area contributed by atoms with E-state index in [2.05, 4.69) is 10.1 Å². The van der Waals surface area contributed by atoms with Gasteiger partial charge in [-0.1, -0.05) is 20.8 Å². The van der Waals surface area contributed by atoms with Crippen LogP contribution in [0.5, 0.6) is 0 Å². The molecule has 0 aromatic rings. The summed E-state index contributed by atoms with van der Waals surface area (Å²) in [5.41, 5.74) is 0.0180. The largest absolute Gasteiger partial charge is 0.453 e. The smallest absolute Gasteiger partial charge is 0.406 e. The van der Waals surface area contributed by atoms with E-state index in [0.717, 1.165) is 0 Å². The summed E-state index contributed by atoms with van der Waals surface area (Å²) >= 11 is 5.53. The van der Waals surface area contributed by atoms with Crippen LogP contribution in [0.1, 0.15) is 27.2 Å². The number of halogens is 1. The van der Waals surface area contributed by atoms with E-state index < -0.39 is 6.09 Å². The number of rotatable bonds is 5. The van der Waals surface area contributed by atoms with Crippen LogP contribution in [0.2, 0.25) is 0 Å². The first kappa shape index (κ1) is 15.2. The predicted octanol–water partition coefficient (Wildman–Crippen LogP) is 2.20. The fraction of sp³-hybridized carbons (Fsp3) is 0.818. The van der Waals surface area contributed by atoms with Crippen molar-refractivity contribution in [2.75, 3.05) is 19.5 Å². The molecule has 1 unspecified atom stereocenters. The van der Waals surface area contributed by atoms with Gasteiger partial charge in [-0.25, -0.2) is 4.79 Å². The van der Waals surface area contributed by atoms with Gasteiger partial charge in [-0.2, -0.15) is 0 Å². The second kappa shape index (κ2) is 6.74. The number of nitrogens with one attached hydrogen (secondary N) is 1. The molecule has 0 aliphatic carbocycles. The molecule has 0 radical (unpaired) electrons. The highest BCUT2D eigenvalue weighted by Crippen LogP contribution is 2.24. The highest BCUT2D eigenvalue weighted by molar-refractivity contribution is 6.27. The standard InChI is InChI=1S/C11H20ClNO3/c1-11(2,3)5-8(9(14)6-12)7-13-10(15)16-4/h8H,5-7H2,1-4H3,(H,13,15). The maximum absolute atomic E-state index is 11.6. The average molecular weight is 250 g/mol. The van der Waals surface area contributed by atoms with Gasteiger partial charge >= 0.3 is 6.09 Å². The minimum Gasteiger partial charge on any atom is -0.453 e. The molecule has 0 saturated carbocycles. The Kier molecular flexibility index (Phi) is 6.41. The van der Waals surface area contributed by atoms with Crippen LogP contribution >= 0.6 is 11.6 Å². The molecule has 5 heteroatoms. The van der Waals surface area contributed by atoms with Crippen LogP contribution in [-0.4, -0.2) is 31.4 Å². The number of methoxy groups -OCH3 is 1. The molecule has 0 saturated heterocycles. The first-order valence-electron chi connectivity index (χ1n) is 5.20. The molecule has 0 spiro atoms. The molecular formula is C11H20ClNO3. The summed E-state index contributed by atoms with van der Waals surface area (Å²) in [5.74, 6) is -0.326. The number of carbonyl (C=O) groups excluding carboxylic acids is 2. The monoisotopic (exact) mass is 249 g/mol. The van der Waals surface area contributed by atoms with Crippen molar-refractivity contribution in [2.24, 2.45) is 11.3 Å². The Bertz CT molecular complexity index is 248. The molecule has 1 N–H and O–H groups in total. The van der Waals surface area contributed by atoms with Crippen molar-refractivity contribution in [1.82, 2.24) is 5.32 Å². The van der Waals surface area contributed by atoms with Crippen LogP contribution in [0.25, 0.3) is 0 Å². The Hall–Kier alpha value is -0.770. The second-order valence-electron chi connectivity index (χ2n) is 4.93. The van der Waals surface area contributed by atoms with E-state index in [0.29, 0.717) is 6.42 Å². The summed E-state index contributed by atoms with van der Waals surface area (Å²) in [4.78, 5) is 22.5. The number of ketones is 1. The summed E-state index contributed by atoms with van der Waals surface area (Å²) in [7, 11) is 1.29. The number of hydrogen-bond donors (Lipinski definition) is 1. The third-order valence-corrected chi connectivity index (χ3v) is 2.39. The van der Waals surface area contributed by atoms with Crippen molar-refractivity contribution in [3.8, 4) is 0 Å². The maximum atomic E-state index is 11.6. The zero-order valence-corrected chi connectivity index (χ0v) is 11.1. The first-order valence-corrected chi connectivity index (χ1v) is 5.74. The van der Waals surface area contributed by atoms with Crippen LogP contribution in [-0.2, 0) is 9.53 Å². The molecule has 94 valence electrons. The van der Waals surface area contributed by atoms with E-state index in [1.54, 1.807) is 0 Å². The lowest BCUT2D eigenvalue weighted by Gasteiger charge is -2.24. The SMILES string of the molecule is COC(=O)NCC(CC(C)(C)C)C(=O)CCl. The summed E-state index contributed by atoms with van der Waals surface area (Å²) in [5, 5.41) is 2.53. The molecule has 4 nitrogen and oxygen atoms in total. The molecule has 0 fully saturated rings. The third-order valence-electron chi connectivity index (χ3n) is 2.12. The molecule has 0 aliphatic rings. The number of carbonyl (C=O) groups is 2. The van der Waals surface area contributed by atoms with Gasteiger partial charge in [0.1, 0.15) is 0 Å². The number of Topliss-reactive ketones (excluding diaryl/α,β-unsaturated/α-hetero) is 1. The lowest BCUT2D eigenvalue weighted by atomic mass is 9.83. The zero-order chi connectivity index (χ0) is 12.8. The van der Waals surface area contributed by atoms with Crippen molar-refractivity contribution in [3.05, 3.63) is 0 Å². The van der Waals surface area contributed by atoms with Gasteiger partial charge in [-0.3, -0.25) is 4.79 Å². The van der Waals surface area contributed by atoms with Gasteiger partial charge < -0.3 is 10.1 Å². The highest BCUT2D eigenvalue weighted by atomic mass is 35.5. The van der Waals surface area contributed by atoms with E-state index in [4.69, 9.17) is 11.6 Å². The highest BCUT2D eigenvalue weighted by Gasteiger charge is 2.24. The van der Waals surface area contributed by atoms with Crippen LogP contribution in [0.4, 0.5) is 4.79 Å². The molecule has 1 atom stereocenters. The fourth-order valence-electron chi connectivity index (χ4n) is 1.43. The number of ether oxygens (including phenoxy) is 1. The van der Waals surface area contributed by atoms with Crippen LogP contribution in [0, 0.1) is 11.3 Å². The minimum absolute atomic E-state index is 0.0180. The molecular weight excluding hydrogens is 230 g/mol. The van der Waals surface area contributed by atoms with Gasteiger partial charge in [-0.15, -0.1) is 11.6 Å². The average Bonchev–Trinajstić information content (AvgIpc) is 2.20. The quantitative estimate of drug-likeness (QED) is 0.760. The second-order valence-corrected chi connectivity index (χ2v) is 5.20. The summed E-state index contributed by atoms with van der Waals surface area (Å²) in [6, 6.07) is 0. The van der Waals surface area contributed by atoms with Gasteiger partial charge in [0, 0.05) is 12.5 Å². The summed E-state index contributed by atoms with van der Waals surface area (Å²) < 4.78 is 4.45. The topological polar surface area (TPSA) is 55.4 Å². The Labute approximate surface area is 102 Å². The van der Waals surface area contributed by atoms with E-state index >= 15 is 0 Å². The molecule has 0 aromatic carbocycles. The molecule has 0 rings (SSSR count). The Balaban J connectivity index is 4.33. The van der Waals surface area contributed by atoms with Crippen molar-refractivity contribution >= 4 is 23.5 Å². The van der Waals surface area contributed by atoms with Gasteiger partial charge in [0.25, 0.3) is 0 Å². The van der Waals surface area contributed by atoms with E-state index in [9.17, 15) is 9.59 Å². The van der Waals surface area contributed by atoms with Crippen LogP contribution < -0.4 is 5.32 Å². The van der Waals surface area contributed by atoms with Crippen molar-refractivity contribution in [2.45, 2.75) is 27.2 Å². The summed E-state index contributed by atoms with van der Waals surface area (Å²) in [6.07, 6.45) is 0.156. The van der Waals surface area contributed by atoms with E-state index in [-0.39, 0.29) is 29.5 Å². The van der Waals surface area contributed by atoms with E-state index in [1.165, 1.54) is 7.11 Å². The number of alkyl halides is 1. The lowest BCUT2D eigenvalue weighted by molar-refractivity contribution is -0.121. The van der Waals surface area contributed by atoms with Crippen LogP contribution in [0.3, 0.4) is 0 Å². The van der Waals surface area contributed by atoms with Gasteiger partial charge in [0.2, 0.25) is 0 Å². The van der Waals surface area contributed by atoms with Gasteiger partial charge in [0.15, 0.2) is 5.78 Å². The number of alkyl carbamates (subject to hydrolysis) is 1. The Morgan fingerprint density at radius 3 is 2.31 bits per heavy atom. The third kappa shape index (κ3) is 6.67. The summed E-state index contributed by atoms with van der Waals surface area (Å²) in [6.45, 7) is 6.40. The molecule has 0 heterocycles. The Morgan fingerprint density at radius 1 is 1.38 bits per heavy atom. The Morgan fingerprint density at radius 2 is 1.94 bits per heavy atom. The van der Waals surface area contributed by atoms with Crippen molar-refractivity contribution < 1.29 is 14.3 Å². The van der Waals surface area contributed by atoms with Crippen molar-refractivity contribution in [1.29, 1.82) is 0 Å². The maximum Gasteiger partial charge on any atom is 0.406 e. The zero-order valence-electron chi connectivity index (χ0n) is 10.3. The predicted molar refractivity (Wildman–Crippen MR) is 63.7 cm³/mol. The van der Waals surface area contributed by atoms with Crippen molar-refractivity contribution in [3.63, 3.8) is 0 Å². The van der Waals surface area contributed by atoms with Gasteiger partial charge in [0.05, 0.1) is 13.0 Å². The molecule has 0 aliphatic heterocycles. The van der Waals surface area contributed by atoms with Crippen LogP contribution in [0.15, 0.2) is 0 Å². The molecule has 0 aromatic heterocycles. The number of hydrogen-bond acceptors (Lipinski definition) is 3. The minimum atomic E-state index is -0.527. The fourth-order valence-corrected chi connectivity index (χ4v) is 1.65. The first-order chi connectivity index (χ1) is 7.30.